The van der Waals surface area contributed by atoms with Gasteiger partial charge in [-0.15, -0.1) is 10.2 Å². The van der Waals surface area contributed by atoms with Gasteiger partial charge in [0.1, 0.15) is 6.04 Å². The summed E-state index contributed by atoms with van der Waals surface area (Å²) in [6.45, 7) is 1.54. The van der Waals surface area contributed by atoms with E-state index in [0.717, 1.165) is 0 Å². The first-order valence-electron chi connectivity index (χ1n) is 5.35. The van der Waals surface area contributed by atoms with Gasteiger partial charge in [0.25, 0.3) is 5.91 Å². The average molecular weight is 252 g/mol. The number of carboxylic acids is 1. The van der Waals surface area contributed by atoms with E-state index < -0.39 is 12.0 Å². The maximum absolute atomic E-state index is 11.6. The number of carboxylic acid groups (broad SMARTS) is 1. The Bertz CT molecular complexity index is 444. The molecule has 1 N–H and O–H groups in total. The molecule has 1 unspecified atom stereocenters. The van der Waals surface area contributed by atoms with E-state index in [1.807, 2.05) is 0 Å². The Labute approximate surface area is 105 Å². The number of nitrogens with zero attached hydrogens (tertiary/aromatic N) is 4. The molecular formula is C11H16N4O3. The number of hydrogen-bond donors (Lipinski definition) is 1. The van der Waals surface area contributed by atoms with Gasteiger partial charge in [-0.3, -0.25) is 4.79 Å². The monoisotopic (exact) mass is 252 g/mol. The highest BCUT2D eigenvalue weighted by Crippen LogP contribution is 2.11. The first kappa shape index (κ1) is 13.9. The number of hydrogen-bond acceptors (Lipinski definition) is 5. The van der Waals surface area contributed by atoms with Crippen LogP contribution in [0.25, 0.3) is 0 Å². The second-order valence-corrected chi connectivity index (χ2v) is 4.10. The highest BCUT2D eigenvalue weighted by atomic mass is 16.4. The third kappa shape index (κ3) is 2.93. The van der Waals surface area contributed by atoms with Crippen molar-refractivity contribution in [3.63, 3.8) is 0 Å². The molecule has 0 aromatic carbocycles. The molecule has 1 amide bonds. The molecule has 0 spiro atoms. The Morgan fingerprint density at radius 2 is 1.83 bits per heavy atom. The van der Waals surface area contributed by atoms with Gasteiger partial charge < -0.3 is 14.9 Å². The minimum Gasteiger partial charge on any atom is -0.480 e. The van der Waals surface area contributed by atoms with Gasteiger partial charge in [0, 0.05) is 21.1 Å². The SMILES string of the molecule is CC(C(=O)O)N(C)c1ccc(C(=O)N(C)C)nn1. The minimum atomic E-state index is -0.951. The molecule has 0 aliphatic rings. The van der Waals surface area contributed by atoms with Crippen LogP contribution in [0.5, 0.6) is 0 Å². The molecule has 98 valence electrons. The third-order valence-electron chi connectivity index (χ3n) is 2.58. The van der Waals surface area contributed by atoms with Crippen molar-refractivity contribution < 1.29 is 14.7 Å². The molecule has 7 nitrogen and oxygen atoms in total. The molecule has 0 radical (unpaired) electrons. The predicted octanol–water partition coefficient (Wildman–Crippen LogP) is 0.0877. The molecule has 18 heavy (non-hydrogen) atoms. The van der Waals surface area contributed by atoms with Crippen LogP contribution in [-0.2, 0) is 4.79 Å². The largest absolute Gasteiger partial charge is 0.480 e. The third-order valence-corrected chi connectivity index (χ3v) is 2.58. The van der Waals surface area contributed by atoms with Gasteiger partial charge in [0.05, 0.1) is 0 Å². The Morgan fingerprint density at radius 1 is 1.22 bits per heavy atom. The van der Waals surface area contributed by atoms with Crippen LogP contribution < -0.4 is 4.90 Å². The normalized spacial score (nSPS) is 11.8. The summed E-state index contributed by atoms with van der Waals surface area (Å²) < 4.78 is 0. The number of aromatic nitrogens is 2. The van der Waals surface area contributed by atoms with Crippen molar-refractivity contribution in [3.8, 4) is 0 Å². The molecule has 1 rings (SSSR count). The summed E-state index contributed by atoms with van der Waals surface area (Å²) in [7, 11) is 4.85. The molecule has 1 aromatic heterocycles. The highest BCUT2D eigenvalue weighted by molar-refractivity contribution is 5.91. The van der Waals surface area contributed by atoms with Crippen molar-refractivity contribution in [1.82, 2.24) is 15.1 Å². The lowest BCUT2D eigenvalue weighted by Gasteiger charge is -2.21. The Kier molecular flexibility index (Phi) is 4.19. The zero-order valence-electron chi connectivity index (χ0n) is 10.8. The van der Waals surface area contributed by atoms with Crippen molar-refractivity contribution in [3.05, 3.63) is 17.8 Å². The molecule has 1 aromatic rings. The number of aliphatic carboxylic acids is 1. The van der Waals surface area contributed by atoms with E-state index in [2.05, 4.69) is 10.2 Å². The van der Waals surface area contributed by atoms with Gasteiger partial charge in [-0.05, 0) is 19.1 Å². The van der Waals surface area contributed by atoms with Gasteiger partial charge in [-0.2, -0.15) is 0 Å². The number of rotatable bonds is 4. The molecular weight excluding hydrogens is 236 g/mol. The molecule has 0 aliphatic carbocycles. The van der Waals surface area contributed by atoms with E-state index >= 15 is 0 Å². The van der Waals surface area contributed by atoms with E-state index in [9.17, 15) is 9.59 Å². The lowest BCUT2D eigenvalue weighted by molar-refractivity contribution is -0.138. The van der Waals surface area contributed by atoms with Crippen LogP contribution in [0.15, 0.2) is 12.1 Å². The second-order valence-electron chi connectivity index (χ2n) is 4.10. The fourth-order valence-electron chi connectivity index (χ4n) is 1.22. The van der Waals surface area contributed by atoms with Crippen molar-refractivity contribution in [2.45, 2.75) is 13.0 Å². The maximum Gasteiger partial charge on any atom is 0.326 e. The molecule has 0 saturated heterocycles. The van der Waals surface area contributed by atoms with Crippen LogP contribution in [0.4, 0.5) is 5.82 Å². The van der Waals surface area contributed by atoms with Crippen LogP contribution in [0, 0.1) is 0 Å². The van der Waals surface area contributed by atoms with Gasteiger partial charge in [0.2, 0.25) is 0 Å². The molecule has 0 fully saturated rings. The van der Waals surface area contributed by atoms with Gasteiger partial charge in [-0.1, -0.05) is 0 Å². The summed E-state index contributed by atoms with van der Waals surface area (Å²) in [5, 5.41) is 16.5. The van der Waals surface area contributed by atoms with E-state index in [1.54, 1.807) is 34.1 Å². The number of anilines is 1. The molecule has 0 saturated carbocycles. The predicted molar refractivity (Wildman–Crippen MR) is 65.6 cm³/mol. The van der Waals surface area contributed by atoms with Gasteiger partial charge in [-0.25, -0.2) is 4.79 Å². The summed E-state index contributed by atoms with van der Waals surface area (Å²) in [6, 6.07) is 2.38. The van der Waals surface area contributed by atoms with Crippen LogP contribution >= 0.6 is 0 Å². The Hall–Kier alpha value is -2.18. The second kappa shape index (κ2) is 5.44. The van der Waals surface area contributed by atoms with Crippen LogP contribution in [-0.4, -0.2) is 59.3 Å². The fourth-order valence-corrected chi connectivity index (χ4v) is 1.22. The zero-order valence-corrected chi connectivity index (χ0v) is 10.8. The summed E-state index contributed by atoms with van der Waals surface area (Å²) >= 11 is 0. The molecule has 7 heteroatoms. The van der Waals surface area contributed by atoms with Gasteiger partial charge >= 0.3 is 5.97 Å². The first-order valence-corrected chi connectivity index (χ1v) is 5.35. The summed E-state index contributed by atoms with van der Waals surface area (Å²) in [5.41, 5.74) is 0.222. The number of likely N-dealkylation sites (N-methyl/N-ethyl adjacent to an activating group) is 1. The summed E-state index contributed by atoms with van der Waals surface area (Å²) in [6.07, 6.45) is 0. The van der Waals surface area contributed by atoms with Crippen LogP contribution in [0.2, 0.25) is 0 Å². The molecule has 0 aliphatic heterocycles. The van der Waals surface area contributed by atoms with E-state index in [1.165, 1.54) is 15.9 Å². The van der Waals surface area contributed by atoms with Gasteiger partial charge in [0.15, 0.2) is 11.5 Å². The Balaban J connectivity index is 2.89. The minimum absolute atomic E-state index is 0.222. The van der Waals surface area contributed by atoms with Crippen LogP contribution in [0.3, 0.4) is 0 Å². The van der Waals surface area contributed by atoms with E-state index in [0.29, 0.717) is 5.82 Å². The number of amides is 1. The quantitative estimate of drug-likeness (QED) is 0.817. The smallest absolute Gasteiger partial charge is 0.326 e. The zero-order chi connectivity index (χ0) is 13.9. The summed E-state index contributed by atoms with van der Waals surface area (Å²) in [4.78, 5) is 25.3. The maximum atomic E-state index is 11.6. The first-order chi connectivity index (χ1) is 8.34. The molecule has 1 heterocycles. The van der Waals surface area contributed by atoms with E-state index in [4.69, 9.17) is 5.11 Å². The average Bonchev–Trinajstić information content (AvgIpc) is 2.36. The summed E-state index contributed by atoms with van der Waals surface area (Å²) in [5.74, 6) is -0.795. The van der Waals surface area contributed by atoms with E-state index in [-0.39, 0.29) is 11.6 Å². The highest BCUT2D eigenvalue weighted by Gasteiger charge is 2.19. The number of carbonyl (C=O) groups excluding carboxylic acids is 1. The van der Waals surface area contributed by atoms with Crippen molar-refractivity contribution in [2.75, 3.05) is 26.0 Å². The van der Waals surface area contributed by atoms with Crippen molar-refractivity contribution in [1.29, 1.82) is 0 Å². The Morgan fingerprint density at radius 3 is 2.22 bits per heavy atom. The fraction of sp³-hybridized carbons (Fsp3) is 0.455. The van der Waals surface area contributed by atoms with Crippen LogP contribution in [0.1, 0.15) is 17.4 Å². The topological polar surface area (TPSA) is 86.6 Å². The molecule has 1 atom stereocenters. The van der Waals surface area contributed by atoms with Crippen molar-refractivity contribution >= 4 is 17.7 Å². The molecule has 0 bridgehead atoms. The standard InChI is InChI=1S/C11H16N4O3/c1-7(11(17)18)15(4)9-6-5-8(12-13-9)10(16)14(2)3/h5-7H,1-4H3,(H,17,18). The lowest BCUT2D eigenvalue weighted by Crippen LogP contribution is -2.36. The number of carbonyl (C=O) groups is 2. The lowest BCUT2D eigenvalue weighted by atomic mass is 10.3. The van der Waals surface area contributed by atoms with Crippen molar-refractivity contribution in [2.24, 2.45) is 0 Å².